The van der Waals surface area contributed by atoms with E-state index in [1.807, 2.05) is 0 Å². The highest BCUT2D eigenvalue weighted by Crippen LogP contribution is 2.34. The van der Waals surface area contributed by atoms with E-state index >= 15 is 0 Å². The highest BCUT2D eigenvalue weighted by molar-refractivity contribution is 5.75. The minimum atomic E-state index is -4.49. The molecule has 4 aromatic rings. The molecule has 0 aliphatic rings. The number of nitriles is 1. The highest BCUT2D eigenvalue weighted by Gasteiger charge is 2.40. The van der Waals surface area contributed by atoms with Crippen LogP contribution < -0.4 is 11.1 Å². The van der Waals surface area contributed by atoms with E-state index in [1.165, 1.54) is 12.1 Å². The number of halogens is 3. The molecule has 2 atom stereocenters. The summed E-state index contributed by atoms with van der Waals surface area (Å²) in [6.45, 7) is 1.61. The van der Waals surface area contributed by atoms with Gasteiger partial charge in [-0.25, -0.2) is 0 Å². The van der Waals surface area contributed by atoms with Crippen LogP contribution in [0, 0.1) is 11.3 Å². The normalized spacial score (nSPS) is 13.3. The molecule has 0 aliphatic carbocycles. The van der Waals surface area contributed by atoms with Gasteiger partial charge in [0.25, 0.3) is 0 Å². The molecule has 178 valence electrons. The summed E-state index contributed by atoms with van der Waals surface area (Å²) in [7, 11) is 0. The molecular weight excluding hydrogens is 455 g/mol. The monoisotopic (exact) mass is 477 g/mol. The quantitative estimate of drug-likeness (QED) is 0.355. The first-order chi connectivity index (χ1) is 16.8. The van der Waals surface area contributed by atoms with Crippen LogP contribution in [0.15, 0.2) is 77.2 Å². The van der Waals surface area contributed by atoms with Gasteiger partial charge in [0, 0.05) is 12.1 Å². The van der Waals surface area contributed by atoms with Crippen LogP contribution in [0.2, 0.25) is 0 Å². The molecule has 0 spiro atoms. The van der Waals surface area contributed by atoms with Crippen molar-refractivity contribution in [2.24, 2.45) is 5.73 Å². The van der Waals surface area contributed by atoms with E-state index in [0.717, 1.165) is 0 Å². The van der Waals surface area contributed by atoms with Crippen LogP contribution >= 0.6 is 0 Å². The molecule has 0 radical (unpaired) electrons. The second-order valence-electron chi connectivity index (χ2n) is 8.08. The van der Waals surface area contributed by atoms with Crippen molar-refractivity contribution in [1.82, 2.24) is 15.5 Å². The van der Waals surface area contributed by atoms with E-state index in [-0.39, 0.29) is 23.9 Å². The van der Waals surface area contributed by atoms with E-state index in [2.05, 4.69) is 21.6 Å². The summed E-state index contributed by atoms with van der Waals surface area (Å²) in [5.41, 5.74) is 8.71. The fourth-order valence-corrected chi connectivity index (χ4v) is 3.73. The van der Waals surface area contributed by atoms with Gasteiger partial charge in [-0.2, -0.15) is 18.4 Å². The summed E-state index contributed by atoms with van der Waals surface area (Å²) in [5, 5.41) is 20.2. The smallest absolute Gasteiger partial charge is 0.407 e. The van der Waals surface area contributed by atoms with Gasteiger partial charge in [-0.05, 0) is 53.4 Å². The molecule has 4 rings (SSSR count). The topological polar surface area (TPSA) is 101 Å². The molecule has 0 saturated carbocycles. The first kappa shape index (κ1) is 24.1. The van der Waals surface area contributed by atoms with Crippen LogP contribution in [0.5, 0.6) is 0 Å². The zero-order valence-electron chi connectivity index (χ0n) is 18.8. The van der Waals surface area contributed by atoms with Gasteiger partial charge < -0.3 is 10.2 Å². The van der Waals surface area contributed by atoms with Crippen LogP contribution in [-0.2, 0) is 6.54 Å². The Morgan fingerprint density at radius 3 is 2.34 bits per heavy atom. The van der Waals surface area contributed by atoms with Gasteiger partial charge in [0.15, 0.2) is 0 Å². The molecule has 3 N–H and O–H groups in total. The van der Waals surface area contributed by atoms with Crippen molar-refractivity contribution in [3.8, 4) is 28.7 Å². The Morgan fingerprint density at radius 2 is 1.69 bits per heavy atom. The molecule has 0 fully saturated rings. The SMILES string of the molecule is C[C@H](N)c1nnc(-c2cc(CNC(c3ccccc3)C(F)(F)F)cc(-c3ccccc3C#N)c2)o1. The number of aromatic nitrogens is 2. The summed E-state index contributed by atoms with van der Waals surface area (Å²) < 4.78 is 47.2. The number of nitrogens with zero attached hydrogens (tertiary/aromatic N) is 3. The van der Waals surface area contributed by atoms with E-state index in [4.69, 9.17) is 10.2 Å². The van der Waals surface area contributed by atoms with Gasteiger partial charge in [0.05, 0.1) is 17.7 Å². The summed E-state index contributed by atoms with van der Waals surface area (Å²) in [6, 6.07) is 19.7. The largest absolute Gasteiger partial charge is 0.419 e. The third-order valence-corrected chi connectivity index (χ3v) is 5.40. The van der Waals surface area contributed by atoms with Crippen LogP contribution in [-0.4, -0.2) is 16.4 Å². The Labute approximate surface area is 200 Å². The first-order valence-electron chi connectivity index (χ1n) is 10.8. The maximum Gasteiger partial charge on any atom is 0.407 e. The molecule has 0 amide bonds. The van der Waals surface area contributed by atoms with Crippen molar-refractivity contribution in [2.75, 3.05) is 0 Å². The lowest BCUT2D eigenvalue weighted by molar-refractivity contribution is -0.158. The third kappa shape index (κ3) is 5.57. The molecule has 9 heteroatoms. The van der Waals surface area contributed by atoms with Crippen LogP contribution in [0.3, 0.4) is 0 Å². The summed E-state index contributed by atoms with van der Waals surface area (Å²) in [5.74, 6) is 0.425. The Hall–Kier alpha value is -4.00. The predicted octanol–water partition coefficient (Wildman–Crippen LogP) is 5.69. The fraction of sp³-hybridized carbons (Fsp3) is 0.192. The third-order valence-electron chi connectivity index (χ3n) is 5.40. The molecule has 1 aromatic heterocycles. The minimum absolute atomic E-state index is 0.0943. The number of nitrogens with two attached hydrogens (primary N) is 1. The Kier molecular flexibility index (Phi) is 6.96. The van der Waals surface area contributed by atoms with Crippen molar-refractivity contribution in [1.29, 1.82) is 5.26 Å². The van der Waals surface area contributed by atoms with Gasteiger partial charge in [-0.1, -0.05) is 48.5 Å². The Bertz CT molecular complexity index is 1340. The first-order valence-corrected chi connectivity index (χ1v) is 10.8. The standard InChI is InChI=1S/C26H22F3N5O/c1-16(31)24-33-34-25(35-24)21-12-17(11-20(13-21)22-10-6-5-9-19(22)14-30)15-32-23(26(27,28)29)18-7-3-2-4-8-18/h2-13,16,23,32H,15,31H2,1H3/t16-,23?/m0/s1. The van der Waals surface area contributed by atoms with Gasteiger partial charge in [0.2, 0.25) is 11.8 Å². The molecule has 0 aliphatic heterocycles. The molecular formula is C26H22F3N5O. The van der Waals surface area contributed by atoms with Gasteiger partial charge in [-0.15, -0.1) is 10.2 Å². The number of alkyl halides is 3. The lowest BCUT2D eigenvalue weighted by Gasteiger charge is -2.22. The number of hydrogen-bond donors (Lipinski definition) is 2. The Morgan fingerprint density at radius 1 is 1.00 bits per heavy atom. The van der Waals surface area contributed by atoms with Crippen molar-refractivity contribution in [2.45, 2.75) is 31.7 Å². The van der Waals surface area contributed by atoms with Crippen molar-refractivity contribution < 1.29 is 17.6 Å². The van der Waals surface area contributed by atoms with Crippen LogP contribution in [0.4, 0.5) is 13.2 Å². The van der Waals surface area contributed by atoms with E-state index in [9.17, 15) is 18.4 Å². The zero-order chi connectivity index (χ0) is 25.0. The second-order valence-corrected chi connectivity index (χ2v) is 8.08. The second kappa shape index (κ2) is 10.1. The van der Waals surface area contributed by atoms with E-state index in [1.54, 1.807) is 67.6 Å². The Balaban J connectivity index is 1.75. The van der Waals surface area contributed by atoms with Crippen molar-refractivity contribution in [3.05, 3.63) is 95.4 Å². The predicted molar refractivity (Wildman–Crippen MR) is 125 cm³/mol. The summed E-state index contributed by atoms with van der Waals surface area (Å²) in [6.07, 6.45) is -4.49. The highest BCUT2D eigenvalue weighted by atomic mass is 19.4. The molecule has 6 nitrogen and oxygen atoms in total. The average Bonchev–Trinajstić information content (AvgIpc) is 3.35. The van der Waals surface area contributed by atoms with Crippen molar-refractivity contribution in [3.63, 3.8) is 0 Å². The fourth-order valence-electron chi connectivity index (χ4n) is 3.73. The van der Waals surface area contributed by atoms with Gasteiger partial charge in [0.1, 0.15) is 6.04 Å². The molecule has 1 unspecified atom stereocenters. The number of rotatable bonds is 7. The molecule has 1 heterocycles. The summed E-state index contributed by atoms with van der Waals surface area (Å²) in [4.78, 5) is 0. The molecule has 3 aromatic carbocycles. The van der Waals surface area contributed by atoms with Crippen LogP contribution in [0.1, 0.15) is 41.6 Å². The average molecular weight is 477 g/mol. The van der Waals surface area contributed by atoms with Crippen molar-refractivity contribution >= 4 is 0 Å². The molecule has 35 heavy (non-hydrogen) atoms. The van der Waals surface area contributed by atoms with Crippen LogP contribution in [0.25, 0.3) is 22.6 Å². The number of benzene rings is 3. The molecule has 0 bridgehead atoms. The van der Waals surface area contributed by atoms with E-state index in [0.29, 0.717) is 27.8 Å². The number of hydrogen-bond acceptors (Lipinski definition) is 6. The number of nitrogens with one attached hydrogen (secondary N) is 1. The van der Waals surface area contributed by atoms with Gasteiger partial charge >= 0.3 is 6.18 Å². The minimum Gasteiger partial charge on any atom is -0.419 e. The lowest BCUT2D eigenvalue weighted by atomic mass is 9.96. The maximum atomic E-state index is 13.8. The lowest BCUT2D eigenvalue weighted by Crippen LogP contribution is -2.33. The molecule has 0 saturated heterocycles. The zero-order valence-corrected chi connectivity index (χ0v) is 18.8. The van der Waals surface area contributed by atoms with Gasteiger partial charge in [-0.3, -0.25) is 5.32 Å². The summed E-state index contributed by atoms with van der Waals surface area (Å²) >= 11 is 0. The maximum absolute atomic E-state index is 13.8. The van der Waals surface area contributed by atoms with E-state index < -0.39 is 18.3 Å².